The van der Waals surface area contributed by atoms with Crippen LogP contribution in [0, 0.1) is 5.92 Å². The smallest absolute Gasteiger partial charge is 0.0774 e. The summed E-state index contributed by atoms with van der Waals surface area (Å²) in [6, 6.07) is 0. The molecule has 2 unspecified atom stereocenters. The molecule has 0 aromatic heterocycles. The molecule has 4 nitrogen and oxygen atoms in total. The molecule has 0 radical (unpaired) electrons. The monoisotopic (exact) mass is 324 g/mol. The lowest BCUT2D eigenvalue weighted by molar-refractivity contribution is -0.0747. The Bertz CT molecular complexity index is 352. The van der Waals surface area contributed by atoms with Gasteiger partial charge in [-0.05, 0) is 58.5 Å². The number of rotatable bonds is 4. The van der Waals surface area contributed by atoms with Crippen LogP contribution in [0.15, 0.2) is 0 Å². The number of ether oxygens (including phenoxy) is 1. The Balaban J connectivity index is 1.40. The highest BCUT2D eigenvalue weighted by Gasteiger charge is 2.33. The molecule has 1 saturated carbocycles. The molecule has 1 N–H and O–H groups in total. The molecule has 4 heteroatoms. The van der Waals surface area contributed by atoms with Crippen LogP contribution in [0.4, 0.5) is 0 Å². The highest BCUT2D eigenvalue weighted by atomic mass is 16.5. The average Bonchev–Trinajstić information content (AvgIpc) is 2.49. The van der Waals surface area contributed by atoms with Crippen molar-refractivity contribution in [3.63, 3.8) is 0 Å². The summed E-state index contributed by atoms with van der Waals surface area (Å²) in [4.78, 5) is 5.13. The molecule has 3 fully saturated rings. The molecule has 2 heterocycles. The van der Waals surface area contributed by atoms with Gasteiger partial charge in [0, 0.05) is 26.2 Å². The third kappa shape index (κ3) is 5.15. The van der Waals surface area contributed by atoms with E-state index >= 15 is 0 Å². The Morgan fingerprint density at radius 2 is 1.57 bits per heavy atom. The number of piperidine rings is 1. The molecule has 23 heavy (non-hydrogen) atoms. The van der Waals surface area contributed by atoms with Gasteiger partial charge in [0.25, 0.3) is 0 Å². The Kier molecular flexibility index (Phi) is 6.00. The number of likely N-dealkylation sites (tertiary alicyclic amines) is 1. The van der Waals surface area contributed by atoms with Crippen LogP contribution in [0.2, 0.25) is 0 Å². The van der Waals surface area contributed by atoms with Gasteiger partial charge in [-0.25, -0.2) is 0 Å². The summed E-state index contributed by atoms with van der Waals surface area (Å²) in [6.07, 6.45) is 9.07. The molecule has 1 aliphatic carbocycles. The second kappa shape index (κ2) is 7.81. The van der Waals surface area contributed by atoms with Crippen LogP contribution < -0.4 is 0 Å². The van der Waals surface area contributed by atoms with Gasteiger partial charge in [-0.15, -0.1) is 0 Å². The molecule has 0 bridgehead atoms. The van der Waals surface area contributed by atoms with Crippen LogP contribution in [0.1, 0.15) is 58.8 Å². The number of hydrogen-bond donors (Lipinski definition) is 1. The Labute approximate surface area is 142 Å². The van der Waals surface area contributed by atoms with Crippen molar-refractivity contribution >= 4 is 0 Å². The fourth-order valence-corrected chi connectivity index (χ4v) is 4.91. The van der Waals surface area contributed by atoms with Gasteiger partial charge in [0.2, 0.25) is 0 Å². The summed E-state index contributed by atoms with van der Waals surface area (Å²) >= 11 is 0. The molecule has 0 aromatic carbocycles. The molecule has 2 atom stereocenters. The standard InChI is InChI=1S/C19H36N2O2/c1-16-12-21(13-17(2)23-16)14-18-6-10-20(11-7-18)15-19(22)8-4-3-5-9-19/h16-18,22H,3-15H2,1-2H3. The average molecular weight is 325 g/mol. The number of nitrogens with zero attached hydrogens (tertiary/aromatic N) is 2. The fourth-order valence-electron chi connectivity index (χ4n) is 4.91. The molecule has 2 aliphatic heterocycles. The Morgan fingerprint density at radius 3 is 2.17 bits per heavy atom. The molecule has 2 saturated heterocycles. The lowest BCUT2D eigenvalue weighted by Crippen LogP contribution is -2.50. The van der Waals surface area contributed by atoms with Crippen molar-refractivity contribution < 1.29 is 9.84 Å². The summed E-state index contributed by atoms with van der Waals surface area (Å²) in [5.41, 5.74) is -0.389. The van der Waals surface area contributed by atoms with Gasteiger partial charge >= 0.3 is 0 Å². The summed E-state index contributed by atoms with van der Waals surface area (Å²) < 4.78 is 5.84. The van der Waals surface area contributed by atoms with Gasteiger partial charge in [-0.2, -0.15) is 0 Å². The predicted octanol–water partition coefficient (Wildman–Crippen LogP) is 2.50. The van der Waals surface area contributed by atoms with E-state index in [9.17, 15) is 5.11 Å². The van der Waals surface area contributed by atoms with Crippen molar-refractivity contribution in [2.45, 2.75) is 76.6 Å². The van der Waals surface area contributed by atoms with Crippen molar-refractivity contribution in [3.05, 3.63) is 0 Å². The van der Waals surface area contributed by atoms with Crippen LogP contribution in [-0.2, 0) is 4.74 Å². The van der Waals surface area contributed by atoms with E-state index in [-0.39, 0.29) is 5.60 Å². The van der Waals surface area contributed by atoms with Crippen LogP contribution in [0.25, 0.3) is 0 Å². The van der Waals surface area contributed by atoms with E-state index in [0.29, 0.717) is 12.2 Å². The minimum absolute atomic E-state index is 0.374. The first-order chi connectivity index (χ1) is 11.0. The predicted molar refractivity (Wildman–Crippen MR) is 93.6 cm³/mol. The van der Waals surface area contributed by atoms with Crippen molar-refractivity contribution in [2.75, 3.05) is 39.3 Å². The summed E-state index contributed by atoms with van der Waals surface area (Å²) in [7, 11) is 0. The fraction of sp³-hybridized carbons (Fsp3) is 1.00. The minimum atomic E-state index is -0.389. The number of aliphatic hydroxyl groups is 1. The molecule has 0 spiro atoms. The normalized spacial score (nSPS) is 34.6. The first-order valence-electron chi connectivity index (χ1n) is 9.85. The van der Waals surface area contributed by atoms with Gasteiger partial charge in [-0.1, -0.05) is 19.3 Å². The maximum absolute atomic E-state index is 10.7. The van der Waals surface area contributed by atoms with Crippen LogP contribution in [-0.4, -0.2) is 72.0 Å². The molecular formula is C19H36N2O2. The largest absolute Gasteiger partial charge is 0.389 e. The molecule has 134 valence electrons. The van der Waals surface area contributed by atoms with Crippen LogP contribution in [0.3, 0.4) is 0 Å². The molecular weight excluding hydrogens is 288 g/mol. The van der Waals surface area contributed by atoms with Crippen molar-refractivity contribution in [1.82, 2.24) is 9.80 Å². The Morgan fingerprint density at radius 1 is 0.957 bits per heavy atom. The van der Waals surface area contributed by atoms with Gasteiger partial charge in [0.05, 0.1) is 17.8 Å². The maximum atomic E-state index is 10.7. The van der Waals surface area contributed by atoms with E-state index in [1.165, 1.54) is 51.7 Å². The zero-order chi connectivity index (χ0) is 16.3. The topological polar surface area (TPSA) is 35.9 Å². The van der Waals surface area contributed by atoms with Crippen molar-refractivity contribution in [2.24, 2.45) is 5.92 Å². The zero-order valence-corrected chi connectivity index (χ0v) is 15.2. The van der Waals surface area contributed by atoms with Gasteiger partial charge in [0.1, 0.15) is 0 Å². The first-order valence-corrected chi connectivity index (χ1v) is 9.85. The lowest BCUT2D eigenvalue weighted by Gasteiger charge is -2.42. The lowest BCUT2D eigenvalue weighted by atomic mass is 9.84. The number of morpholine rings is 1. The van der Waals surface area contributed by atoms with E-state index in [0.717, 1.165) is 38.4 Å². The maximum Gasteiger partial charge on any atom is 0.0774 e. The van der Waals surface area contributed by atoms with Gasteiger partial charge < -0.3 is 14.7 Å². The van der Waals surface area contributed by atoms with Crippen molar-refractivity contribution in [3.8, 4) is 0 Å². The minimum Gasteiger partial charge on any atom is -0.389 e. The summed E-state index contributed by atoms with van der Waals surface area (Å²) in [5, 5.41) is 10.7. The summed E-state index contributed by atoms with van der Waals surface area (Å²) in [6.45, 7) is 11.0. The first kappa shape index (κ1) is 17.7. The van der Waals surface area contributed by atoms with Crippen molar-refractivity contribution in [1.29, 1.82) is 0 Å². The highest BCUT2D eigenvalue weighted by Crippen LogP contribution is 2.30. The van der Waals surface area contributed by atoms with Crippen LogP contribution in [0.5, 0.6) is 0 Å². The molecule has 0 amide bonds. The molecule has 3 rings (SSSR count). The van der Waals surface area contributed by atoms with E-state index in [4.69, 9.17) is 4.74 Å². The number of β-amino-alcohol motifs (C(OH)–C–C–N with tert-alkyl or cyclic N) is 1. The van der Waals surface area contributed by atoms with E-state index in [1.54, 1.807) is 0 Å². The third-order valence-electron chi connectivity index (χ3n) is 6.02. The quantitative estimate of drug-likeness (QED) is 0.862. The second-order valence-electron chi connectivity index (χ2n) is 8.48. The summed E-state index contributed by atoms with van der Waals surface area (Å²) in [5.74, 6) is 0.824. The SMILES string of the molecule is CC1CN(CC2CCN(CC3(O)CCCCC3)CC2)CC(C)O1. The zero-order valence-electron chi connectivity index (χ0n) is 15.2. The number of hydrogen-bond acceptors (Lipinski definition) is 4. The molecule has 3 aliphatic rings. The van der Waals surface area contributed by atoms with Crippen LogP contribution >= 0.6 is 0 Å². The van der Waals surface area contributed by atoms with E-state index in [1.807, 2.05) is 0 Å². The van der Waals surface area contributed by atoms with E-state index in [2.05, 4.69) is 23.6 Å². The Hall–Kier alpha value is -0.160. The molecule has 0 aromatic rings. The van der Waals surface area contributed by atoms with E-state index < -0.39 is 0 Å². The third-order valence-corrected chi connectivity index (χ3v) is 6.02. The van der Waals surface area contributed by atoms with Gasteiger partial charge in [0.15, 0.2) is 0 Å². The second-order valence-corrected chi connectivity index (χ2v) is 8.48. The van der Waals surface area contributed by atoms with Gasteiger partial charge in [-0.3, -0.25) is 4.90 Å². The highest BCUT2D eigenvalue weighted by molar-refractivity contribution is 4.87.